The van der Waals surface area contributed by atoms with Gasteiger partial charge in [0.05, 0.1) is 0 Å². The van der Waals surface area contributed by atoms with Crippen molar-refractivity contribution in [3.8, 4) is 5.75 Å². The quantitative estimate of drug-likeness (QED) is 0.845. The maximum absolute atomic E-state index is 11.5. The molecule has 4 nitrogen and oxygen atoms in total. The van der Waals surface area contributed by atoms with Crippen molar-refractivity contribution in [1.82, 2.24) is 5.32 Å². The van der Waals surface area contributed by atoms with Crippen LogP contribution in [0.25, 0.3) is 0 Å². The van der Waals surface area contributed by atoms with Gasteiger partial charge in [0.25, 0.3) is 0 Å². The predicted octanol–water partition coefficient (Wildman–Crippen LogP) is 3.17. The number of ether oxygens (including phenoxy) is 1. The first kappa shape index (κ1) is 15.8. The largest absolute Gasteiger partial charge is 0.490 e. The molecule has 116 valence electrons. The molecule has 1 aromatic rings. The fraction of sp³-hybridized carbons (Fsp3) is 0.588. The second-order valence-electron chi connectivity index (χ2n) is 6.13. The topological polar surface area (TPSA) is 58.6 Å². The molecule has 21 heavy (non-hydrogen) atoms. The average Bonchev–Trinajstić information content (AvgIpc) is 2.84. The summed E-state index contributed by atoms with van der Waals surface area (Å²) in [5.74, 6) is 0.521. The number of carbonyl (C=O) groups is 1. The molecule has 1 saturated carbocycles. The molecule has 2 rings (SSSR count). The van der Waals surface area contributed by atoms with E-state index in [0.29, 0.717) is 25.3 Å². The molecule has 2 atom stereocenters. The number of carboxylic acids is 1. The van der Waals surface area contributed by atoms with Crippen molar-refractivity contribution >= 4 is 5.97 Å². The summed E-state index contributed by atoms with van der Waals surface area (Å²) in [7, 11) is 0. The van der Waals surface area contributed by atoms with Crippen LogP contribution in [0.15, 0.2) is 24.3 Å². The van der Waals surface area contributed by atoms with Gasteiger partial charge in [0, 0.05) is 6.42 Å². The van der Waals surface area contributed by atoms with Crippen LogP contribution in [-0.2, 0) is 4.79 Å². The molecule has 0 saturated heterocycles. The molecule has 0 spiro atoms. The zero-order valence-electron chi connectivity index (χ0n) is 13.1. The SMILES string of the molecule is CCNC1(C(=O)O)CCC(Oc2cccc(C(C)C)c2)C1. The van der Waals surface area contributed by atoms with Crippen molar-refractivity contribution in [2.45, 2.75) is 57.6 Å². The number of carboxylic acid groups (broad SMARTS) is 1. The standard InChI is InChI=1S/C17H25NO3/c1-4-18-17(16(19)20)9-8-15(11-17)21-14-7-5-6-13(10-14)12(2)3/h5-7,10,12,15,18H,4,8-9,11H2,1-3H3,(H,19,20). The molecule has 1 aromatic carbocycles. The lowest BCUT2D eigenvalue weighted by molar-refractivity contribution is -0.144. The van der Waals surface area contributed by atoms with E-state index in [1.807, 2.05) is 19.1 Å². The lowest BCUT2D eigenvalue weighted by Crippen LogP contribution is -2.50. The van der Waals surface area contributed by atoms with E-state index in [0.717, 1.165) is 12.2 Å². The second-order valence-corrected chi connectivity index (χ2v) is 6.13. The van der Waals surface area contributed by atoms with E-state index in [4.69, 9.17) is 4.74 Å². The maximum atomic E-state index is 11.5. The van der Waals surface area contributed by atoms with Gasteiger partial charge >= 0.3 is 5.97 Å². The van der Waals surface area contributed by atoms with Gasteiger partial charge in [0.15, 0.2) is 0 Å². The van der Waals surface area contributed by atoms with Gasteiger partial charge in [-0.3, -0.25) is 4.79 Å². The summed E-state index contributed by atoms with van der Waals surface area (Å²) in [6, 6.07) is 8.08. The van der Waals surface area contributed by atoms with Crippen LogP contribution < -0.4 is 10.1 Å². The zero-order chi connectivity index (χ0) is 15.5. The van der Waals surface area contributed by atoms with E-state index in [-0.39, 0.29) is 6.10 Å². The van der Waals surface area contributed by atoms with Crippen molar-refractivity contribution in [2.75, 3.05) is 6.54 Å². The van der Waals surface area contributed by atoms with E-state index < -0.39 is 11.5 Å². The highest BCUT2D eigenvalue weighted by Gasteiger charge is 2.45. The third kappa shape index (κ3) is 3.56. The van der Waals surface area contributed by atoms with Crippen molar-refractivity contribution < 1.29 is 14.6 Å². The van der Waals surface area contributed by atoms with Gasteiger partial charge in [-0.25, -0.2) is 0 Å². The number of hydrogen-bond acceptors (Lipinski definition) is 3. The molecule has 2 N–H and O–H groups in total. The molecule has 0 radical (unpaired) electrons. The number of nitrogens with one attached hydrogen (secondary N) is 1. The Morgan fingerprint density at radius 3 is 2.90 bits per heavy atom. The van der Waals surface area contributed by atoms with Gasteiger partial charge < -0.3 is 15.2 Å². The third-order valence-electron chi connectivity index (χ3n) is 4.22. The summed E-state index contributed by atoms with van der Waals surface area (Å²) in [4.78, 5) is 11.5. The normalized spacial score (nSPS) is 25.2. The Kier molecular flexibility index (Phi) is 4.88. The highest BCUT2D eigenvalue weighted by Crippen LogP contribution is 2.33. The average molecular weight is 291 g/mol. The first-order valence-corrected chi connectivity index (χ1v) is 7.72. The van der Waals surface area contributed by atoms with Gasteiger partial charge in [0.1, 0.15) is 17.4 Å². The van der Waals surface area contributed by atoms with Gasteiger partial charge in [-0.15, -0.1) is 0 Å². The Morgan fingerprint density at radius 2 is 2.29 bits per heavy atom. The van der Waals surface area contributed by atoms with Crippen LogP contribution >= 0.6 is 0 Å². The van der Waals surface area contributed by atoms with Crippen LogP contribution in [0, 0.1) is 0 Å². The van der Waals surface area contributed by atoms with Crippen molar-refractivity contribution in [2.24, 2.45) is 0 Å². The predicted molar refractivity (Wildman–Crippen MR) is 82.8 cm³/mol. The van der Waals surface area contributed by atoms with Crippen molar-refractivity contribution in [1.29, 1.82) is 0 Å². The molecule has 0 aromatic heterocycles. The molecule has 0 aliphatic heterocycles. The van der Waals surface area contributed by atoms with Crippen LogP contribution in [0.4, 0.5) is 0 Å². The monoisotopic (exact) mass is 291 g/mol. The number of benzene rings is 1. The van der Waals surface area contributed by atoms with Crippen LogP contribution in [-0.4, -0.2) is 29.3 Å². The molecule has 0 heterocycles. The van der Waals surface area contributed by atoms with Gasteiger partial charge in [-0.1, -0.05) is 32.9 Å². The Bertz CT molecular complexity index is 501. The number of rotatable bonds is 6. The van der Waals surface area contributed by atoms with Gasteiger partial charge in [-0.2, -0.15) is 0 Å². The van der Waals surface area contributed by atoms with E-state index in [9.17, 15) is 9.90 Å². The number of aliphatic carboxylic acids is 1. The smallest absolute Gasteiger partial charge is 0.324 e. The lowest BCUT2D eigenvalue weighted by atomic mass is 9.98. The zero-order valence-corrected chi connectivity index (χ0v) is 13.1. The maximum Gasteiger partial charge on any atom is 0.324 e. The van der Waals surface area contributed by atoms with Crippen LogP contribution in [0.2, 0.25) is 0 Å². The van der Waals surface area contributed by atoms with Crippen LogP contribution in [0.3, 0.4) is 0 Å². The molecule has 2 unspecified atom stereocenters. The van der Waals surface area contributed by atoms with Gasteiger partial charge in [0.2, 0.25) is 0 Å². The summed E-state index contributed by atoms with van der Waals surface area (Å²) in [6.45, 7) is 6.89. The second kappa shape index (κ2) is 6.48. The Balaban J connectivity index is 2.05. The summed E-state index contributed by atoms with van der Waals surface area (Å²) in [5.41, 5.74) is 0.413. The molecule has 0 amide bonds. The first-order chi connectivity index (χ1) is 9.97. The minimum absolute atomic E-state index is 0.0393. The lowest BCUT2D eigenvalue weighted by Gasteiger charge is -2.25. The summed E-state index contributed by atoms with van der Waals surface area (Å²) < 4.78 is 6.01. The molecule has 4 heteroatoms. The van der Waals surface area contributed by atoms with Crippen molar-refractivity contribution in [3.05, 3.63) is 29.8 Å². The molecule has 1 fully saturated rings. The summed E-state index contributed by atoms with van der Waals surface area (Å²) >= 11 is 0. The fourth-order valence-electron chi connectivity index (χ4n) is 3.01. The molecule has 1 aliphatic carbocycles. The minimum Gasteiger partial charge on any atom is -0.490 e. The minimum atomic E-state index is -0.824. The Hall–Kier alpha value is -1.55. The highest BCUT2D eigenvalue weighted by atomic mass is 16.5. The third-order valence-corrected chi connectivity index (χ3v) is 4.22. The molecule has 1 aliphatic rings. The van der Waals surface area contributed by atoms with E-state index in [2.05, 4.69) is 31.3 Å². The summed E-state index contributed by atoms with van der Waals surface area (Å²) in [6.07, 6.45) is 1.86. The van der Waals surface area contributed by atoms with E-state index in [1.54, 1.807) is 0 Å². The van der Waals surface area contributed by atoms with Crippen molar-refractivity contribution in [3.63, 3.8) is 0 Å². The van der Waals surface area contributed by atoms with E-state index >= 15 is 0 Å². The van der Waals surface area contributed by atoms with Crippen LogP contribution in [0.1, 0.15) is 51.5 Å². The first-order valence-electron chi connectivity index (χ1n) is 7.72. The molecular weight excluding hydrogens is 266 g/mol. The molecular formula is C17H25NO3. The van der Waals surface area contributed by atoms with E-state index in [1.165, 1.54) is 5.56 Å². The van der Waals surface area contributed by atoms with Gasteiger partial charge in [-0.05, 0) is 43.0 Å². The highest BCUT2D eigenvalue weighted by molar-refractivity contribution is 5.79. The summed E-state index contributed by atoms with van der Waals surface area (Å²) in [5, 5.41) is 12.6. The fourth-order valence-corrected chi connectivity index (χ4v) is 3.01. The van der Waals surface area contributed by atoms with Crippen LogP contribution in [0.5, 0.6) is 5.75 Å². The Labute approximate surface area is 126 Å². The number of hydrogen-bond donors (Lipinski definition) is 2. The molecule has 0 bridgehead atoms. The number of likely N-dealkylation sites (N-methyl/N-ethyl adjacent to an activating group) is 1. The Morgan fingerprint density at radius 1 is 1.52 bits per heavy atom.